The average Bonchev–Trinajstić information content (AvgIpc) is 2.39. The van der Waals surface area contributed by atoms with Crippen molar-refractivity contribution < 1.29 is 4.43 Å². The van der Waals surface area contributed by atoms with E-state index in [2.05, 4.69) is 77.0 Å². The van der Waals surface area contributed by atoms with E-state index in [4.69, 9.17) is 4.43 Å². The van der Waals surface area contributed by atoms with Crippen molar-refractivity contribution in [3.8, 4) is 0 Å². The molecular weight excluding hydrogens is 309 g/mol. The molecule has 20 heavy (non-hydrogen) atoms. The first kappa shape index (κ1) is 17.8. The summed E-state index contributed by atoms with van der Waals surface area (Å²) in [7, 11) is -6.85. The Kier molecular flexibility index (Phi) is 4.38. The quantitative estimate of drug-likeness (QED) is 0.544. The third-order valence-electron chi connectivity index (χ3n) is 6.63. The maximum atomic E-state index is 6.85. The number of hydrogen-bond acceptors (Lipinski definition) is 1. The van der Waals surface area contributed by atoms with Gasteiger partial charge in [-0.3, -0.25) is 0 Å². The van der Waals surface area contributed by atoms with Gasteiger partial charge in [-0.1, -0.05) is 62.8 Å². The van der Waals surface area contributed by atoms with Gasteiger partial charge in [0.2, 0.25) is 7.83 Å². The maximum Gasteiger partial charge on any atom is 0.223 e. The van der Waals surface area contributed by atoms with E-state index in [-0.39, 0.29) is 5.22 Å². The highest BCUT2D eigenvalue weighted by molar-refractivity contribution is 7.85. The molecule has 0 unspecified atom stereocenters. The minimum Gasteiger partial charge on any atom is -0.403 e. The first-order valence-electron chi connectivity index (χ1n) is 7.20. The normalized spacial score (nSPS) is 28.1. The summed E-state index contributed by atoms with van der Waals surface area (Å²) in [6.07, 6.45) is 4.03. The second-order valence-electron chi connectivity index (χ2n) is 7.38. The van der Waals surface area contributed by atoms with Crippen LogP contribution in [0.15, 0.2) is 49.9 Å². The van der Waals surface area contributed by atoms with Gasteiger partial charge < -0.3 is 4.43 Å². The van der Waals surface area contributed by atoms with Crippen LogP contribution in [0.1, 0.15) is 0 Å². The predicted molar refractivity (Wildman–Crippen MR) is 103 cm³/mol. The molecule has 0 spiro atoms. The smallest absolute Gasteiger partial charge is 0.223 e. The SMILES string of the molecule is C=CC1(C=C)O[Si](C=C)(C=C)[Si](C)(C)[Si](C)(C)[Si]1(C)C. The van der Waals surface area contributed by atoms with Gasteiger partial charge in [-0.05, 0) is 0 Å². The van der Waals surface area contributed by atoms with E-state index in [0.29, 0.717) is 0 Å². The van der Waals surface area contributed by atoms with Gasteiger partial charge in [0.25, 0.3) is 0 Å². The van der Waals surface area contributed by atoms with Crippen molar-refractivity contribution >= 4 is 29.6 Å². The van der Waals surface area contributed by atoms with Gasteiger partial charge in [-0.15, -0.1) is 26.3 Å². The largest absolute Gasteiger partial charge is 0.403 e. The molecule has 0 bridgehead atoms. The average molecular weight is 339 g/mol. The lowest BCUT2D eigenvalue weighted by atomic mass is 10.3. The molecule has 1 aliphatic rings. The molecule has 0 aromatic carbocycles. The van der Waals surface area contributed by atoms with E-state index in [1.807, 2.05) is 12.2 Å². The second-order valence-corrected chi connectivity index (χ2v) is 44.6. The monoisotopic (exact) mass is 338 g/mol. The van der Waals surface area contributed by atoms with Crippen molar-refractivity contribution in [2.24, 2.45) is 0 Å². The molecule has 1 nitrogen and oxygen atoms in total. The van der Waals surface area contributed by atoms with Crippen LogP contribution < -0.4 is 0 Å². The standard InChI is InChI=1S/C15H30OSi4/c1-11-15(12-2)16-20(13-3,14-4)19(9,10)18(7,8)17(15,5)6/h11-14H,1-4H2,5-10H3. The Hall–Kier alpha value is -0.212. The third kappa shape index (κ3) is 1.73. The van der Waals surface area contributed by atoms with Crippen LogP contribution >= 0.6 is 0 Å². The highest BCUT2D eigenvalue weighted by atomic mass is 29.8. The molecule has 0 amide bonds. The lowest BCUT2D eigenvalue weighted by Gasteiger charge is -2.66. The molecule has 112 valence electrons. The Morgan fingerprint density at radius 2 is 1.15 bits per heavy atom. The van der Waals surface area contributed by atoms with E-state index in [9.17, 15) is 0 Å². The molecule has 1 fully saturated rings. The maximum absolute atomic E-state index is 6.85. The number of rotatable bonds is 4. The van der Waals surface area contributed by atoms with E-state index in [1.165, 1.54) is 0 Å². The first-order valence-corrected chi connectivity index (χ1v) is 21.3. The van der Waals surface area contributed by atoms with Crippen LogP contribution in [-0.2, 0) is 4.43 Å². The molecule has 0 aromatic rings. The minimum absolute atomic E-state index is 0.333. The Balaban J connectivity index is 3.78. The zero-order valence-corrected chi connectivity index (χ0v) is 18.0. The van der Waals surface area contributed by atoms with Crippen molar-refractivity contribution in [2.45, 2.75) is 44.5 Å². The predicted octanol–water partition coefficient (Wildman–Crippen LogP) is 4.42. The zero-order chi connectivity index (χ0) is 16.0. The van der Waals surface area contributed by atoms with Gasteiger partial charge in [-0.2, -0.15) is 0 Å². The minimum atomic E-state index is -2.14. The van der Waals surface area contributed by atoms with Crippen molar-refractivity contribution in [1.29, 1.82) is 0 Å². The molecule has 0 aromatic heterocycles. The summed E-state index contributed by atoms with van der Waals surface area (Å²) in [5.41, 5.74) is 4.23. The lowest BCUT2D eigenvalue weighted by molar-refractivity contribution is 0.249. The molecule has 1 saturated heterocycles. The summed E-state index contributed by atoms with van der Waals surface area (Å²) in [5, 5.41) is -0.333. The zero-order valence-electron chi connectivity index (χ0n) is 14.0. The Morgan fingerprint density at radius 3 is 1.45 bits per heavy atom. The van der Waals surface area contributed by atoms with Crippen LogP contribution in [0.5, 0.6) is 0 Å². The van der Waals surface area contributed by atoms with Gasteiger partial charge in [0.1, 0.15) is 0 Å². The van der Waals surface area contributed by atoms with Crippen molar-refractivity contribution in [2.75, 3.05) is 0 Å². The van der Waals surface area contributed by atoms with Crippen LogP contribution in [0, 0.1) is 0 Å². The van der Waals surface area contributed by atoms with Crippen LogP contribution in [0.25, 0.3) is 0 Å². The van der Waals surface area contributed by atoms with Gasteiger partial charge in [0.15, 0.2) is 0 Å². The summed E-state index contributed by atoms with van der Waals surface area (Å²) in [6.45, 7) is 31.6. The fraction of sp³-hybridized carbons (Fsp3) is 0.467. The fourth-order valence-electron chi connectivity index (χ4n) is 3.65. The molecule has 0 N–H and O–H groups in total. The fourth-order valence-corrected chi connectivity index (χ4v) is 68.9. The molecule has 0 atom stereocenters. The van der Waals surface area contributed by atoms with Gasteiger partial charge in [-0.25, -0.2) is 0 Å². The van der Waals surface area contributed by atoms with E-state index in [1.54, 1.807) is 0 Å². The van der Waals surface area contributed by atoms with Gasteiger partial charge in [0, 0.05) is 7.11 Å². The van der Waals surface area contributed by atoms with Crippen molar-refractivity contribution in [3.05, 3.63) is 49.9 Å². The molecular formula is C15H30OSi4. The summed E-state index contributed by atoms with van der Waals surface area (Å²) in [6, 6.07) is 0. The summed E-state index contributed by atoms with van der Waals surface area (Å²) >= 11 is 0. The van der Waals surface area contributed by atoms with Gasteiger partial charge >= 0.3 is 0 Å². The summed E-state index contributed by atoms with van der Waals surface area (Å²) < 4.78 is 6.85. The number of hydrogen-bond donors (Lipinski definition) is 0. The molecule has 1 aliphatic heterocycles. The molecule has 0 aliphatic carbocycles. The second kappa shape index (κ2) is 4.91. The first-order chi connectivity index (χ1) is 8.95. The topological polar surface area (TPSA) is 9.23 Å². The van der Waals surface area contributed by atoms with Gasteiger partial charge in [0.05, 0.1) is 19.9 Å². The van der Waals surface area contributed by atoms with Crippen LogP contribution in [-0.4, -0.2) is 34.9 Å². The molecule has 0 radical (unpaired) electrons. The van der Waals surface area contributed by atoms with Crippen molar-refractivity contribution in [3.63, 3.8) is 0 Å². The third-order valence-corrected chi connectivity index (χ3v) is 69.3. The highest BCUT2D eigenvalue weighted by Gasteiger charge is 2.72. The Bertz CT molecular complexity index is 406. The lowest BCUT2D eigenvalue weighted by Crippen LogP contribution is -2.90. The Morgan fingerprint density at radius 1 is 0.750 bits per heavy atom. The Labute approximate surface area is 128 Å². The van der Waals surface area contributed by atoms with Crippen LogP contribution in [0.3, 0.4) is 0 Å². The molecule has 0 saturated carbocycles. The van der Waals surface area contributed by atoms with E-state index in [0.717, 1.165) is 0 Å². The van der Waals surface area contributed by atoms with E-state index >= 15 is 0 Å². The summed E-state index contributed by atoms with van der Waals surface area (Å²) in [5.74, 6) is 0. The molecule has 5 heteroatoms. The molecule has 1 heterocycles. The van der Waals surface area contributed by atoms with E-state index < -0.39 is 29.6 Å². The highest BCUT2D eigenvalue weighted by Crippen LogP contribution is 2.49. The van der Waals surface area contributed by atoms with Crippen LogP contribution in [0.2, 0.25) is 39.3 Å². The molecule has 1 rings (SSSR count). The van der Waals surface area contributed by atoms with Crippen molar-refractivity contribution in [1.82, 2.24) is 0 Å². The summed E-state index contributed by atoms with van der Waals surface area (Å²) in [4.78, 5) is 0. The van der Waals surface area contributed by atoms with Crippen LogP contribution in [0.4, 0.5) is 0 Å².